The Bertz CT molecular complexity index is 776. The number of hydrogen-bond donors (Lipinski definition) is 1. The standard InChI is InChI=1S/C19H22N2O3S2/c1-2-3-6-10-20-12-14(13-7-4-5-8-15(13)20)17-18(24)21(19(25)26-17)11-9-16(22)23/h4-5,7-8H,2-3,6,9-12H2,1H3,(H,22,23). The van der Waals surface area contributed by atoms with Crippen LogP contribution in [-0.4, -0.2) is 45.8 Å². The third-order valence-electron chi connectivity index (χ3n) is 4.62. The minimum Gasteiger partial charge on any atom is -0.481 e. The molecule has 138 valence electrons. The van der Waals surface area contributed by atoms with Gasteiger partial charge in [-0.15, -0.1) is 0 Å². The highest BCUT2D eigenvalue weighted by molar-refractivity contribution is 8.26. The Kier molecular flexibility index (Phi) is 5.98. The second kappa shape index (κ2) is 8.22. The maximum atomic E-state index is 12.8. The zero-order valence-corrected chi connectivity index (χ0v) is 16.4. The number of carbonyl (C=O) groups excluding carboxylic acids is 1. The third kappa shape index (κ3) is 3.78. The van der Waals surface area contributed by atoms with Crippen LogP contribution in [-0.2, 0) is 9.59 Å². The molecule has 0 bridgehead atoms. The summed E-state index contributed by atoms with van der Waals surface area (Å²) in [5.74, 6) is -1.10. The van der Waals surface area contributed by atoms with E-state index in [-0.39, 0.29) is 18.9 Å². The van der Waals surface area contributed by atoms with Crippen LogP contribution < -0.4 is 4.90 Å². The SMILES string of the molecule is CCCCCN1CC(=C2SC(=S)N(CCC(=O)O)C2=O)c2ccccc21. The molecule has 2 aliphatic heterocycles. The van der Waals surface area contributed by atoms with Crippen molar-refractivity contribution in [3.05, 3.63) is 34.7 Å². The van der Waals surface area contributed by atoms with E-state index >= 15 is 0 Å². The number of carboxylic acid groups (broad SMARTS) is 1. The van der Waals surface area contributed by atoms with Gasteiger partial charge in [-0.3, -0.25) is 14.5 Å². The molecular weight excluding hydrogens is 368 g/mol. The molecule has 0 saturated carbocycles. The zero-order chi connectivity index (χ0) is 18.7. The number of thiocarbonyl (C=S) groups is 1. The lowest BCUT2D eigenvalue weighted by atomic mass is 10.1. The number of carbonyl (C=O) groups is 2. The van der Waals surface area contributed by atoms with Crippen LogP contribution >= 0.6 is 24.0 Å². The number of unbranched alkanes of at least 4 members (excludes halogenated alkanes) is 2. The predicted molar refractivity (Wildman–Crippen MR) is 109 cm³/mol. The van der Waals surface area contributed by atoms with E-state index in [2.05, 4.69) is 17.9 Å². The Labute approximate surface area is 163 Å². The van der Waals surface area contributed by atoms with E-state index in [0.717, 1.165) is 29.8 Å². The Morgan fingerprint density at radius 3 is 2.77 bits per heavy atom. The van der Waals surface area contributed by atoms with Gasteiger partial charge >= 0.3 is 5.97 Å². The topological polar surface area (TPSA) is 60.9 Å². The highest BCUT2D eigenvalue weighted by Crippen LogP contribution is 2.43. The maximum absolute atomic E-state index is 12.8. The van der Waals surface area contributed by atoms with Gasteiger partial charge in [0.05, 0.1) is 11.3 Å². The fourth-order valence-electron chi connectivity index (χ4n) is 3.29. The summed E-state index contributed by atoms with van der Waals surface area (Å²) in [5.41, 5.74) is 3.25. The number of para-hydroxylation sites is 1. The van der Waals surface area contributed by atoms with E-state index in [0.29, 0.717) is 15.8 Å². The van der Waals surface area contributed by atoms with E-state index < -0.39 is 5.97 Å². The van der Waals surface area contributed by atoms with Crippen molar-refractivity contribution in [1.82, 2.24) is 4.90 Å². The molecule has 26 heavy (non-hydrogen) atoms. The summed E-state index contributed by atoms with van der Waals surface area (Å²) in [6, 6.07) is 8.15. The van der Waals surface area contributed by atoms with Crippen molar-refractivity contribution in [2.45, 2.75) is 32.6 Å². The summed E-state index contributed by atoms with van der Waals surface area (Å²) in [5, 5.41) is 8.88. The molecule has 2 heterocycles. The van der Waals surface area contributed by atoms with Gasteiger partial charge in [-0.05, 0) is 12.5 Å². The Morgan fingerprint density at radius 2 is 2.04 bits per heavy atom. The Balaban J connectivity index is 1.87. The van der Waals surface area contributed by atoms with Crippen molar-refractivity contribution >= 4 is 51.4 Å². The largest absolute Gasteiger partial charge is 0.481 e. The molecule has 0 atom stereocenters. The molecule has 0 unspecified atom stereocenters. The molecule has 0 radical (unpaired) electrons. The van der Waals surface area contributed by atoms with Crippen LogP contribution in [0.15, 0.2) is 29.2 Å². The number of benzene rings is 1. The quantitative estimate of drug-likeness (QED) is 0.435. The fraction of sp³-hybridized carbons (Fsp3) is 0.421. The third-order valence-corrected chi connectivity index (χ3v) is 6.11. The normalized spacial score (nSPS) is 19.4. The van der Waals surface area contributed by atoms with Gasteiger partial charge in [-0.1, -0.05) is 61.9 Å². The molecular formula is C19H22N2O3S2. The van der Waals surface area contributed by atoms with Crippen molar-refractivity contribution in [3.8, 4) is 0 Å². The highest BCUT2D eigenvalue weighted by atomic mass is 32.2. The van der Waals surface area contributed by atoms with E-state index in [9.17, 15) is 9.59 Å². The molecule has 1 aromatic carbocycles. The van der Waals surface area contributed by atoms with E-state index in [1.807, 2.05) is 18.2 Å². The van der Waals surface area contributed by atoms with Crippen molar-refractivity contribution in [2.75, 3.05) is 24.5 Å². The molecule has 0 aromatic heterocycles. The van der Waals surface area contributed by atoms with Crippen molar-refractivity contribution in [1.29, 1.82) is 0 Å². The molecule has 1 N–H and O–H groups in total. The van der Waals surface area contributed by atoms with Crippen LogP contribution in [0.4, 0.5) is 5.69 Å². The number of nitrogens with zero attached hydrogens (tertiary/aromatic N) is 2. The summed E-state index contributed by atoms with van der Waals surface area (Å²) in [7, 11) is 0. The van der Waals surface area contributed by atoms with Crippen LogP contribution in [0.1, 0.15) is 38.2 Å². The average molecular weight is 391 g/mol. The van der Waals surface area contributed by atoms with Gasteiger partial charge in [0.2, 0.25) is 0 Å². The highest BCUT2D eigenvalue weighted by Gasteiger charge is 2.37. The number of amides is 1. The first-order valence-corrected chi connectivity index (χ1v) is 10.1. The Hall–Kier alpha value is -1.86. The summed E-state index contributed by atoms with van der Waals surface area (Å²) in [6.07, 6.45) is 3.38. The van der Waals surface area contributed by atoms with Crippen LogP contribution in [0, 0.1) is 0 Å². The first-order valence-electron chi connectivity index (χ1n) is 8.86. The number of thioether (sulfide) groups is 1. The minimum atomic E-state index is -0.931. The zero-order valence-electron chi connectivity index (χ0n) is 14.7. The number of anilines is 1. The molecule has 1 fully saturated rings. The first kappa shape index (κ1) is 18.9. The number of hydrogen-bond acceptors (Lipinski definition) is 5. The van der Waals surface area contributed by atoms with Gasteiger partial charge in [-0.25, -0.2) is 0 Å². The monoisotopic (exact) mass is 390 g/mol. The predicted octanol–water partition coefficient (Wildman–Crippen LogP) is 3.74. The van der Waals surface area contributed by atoms with Crippen LogP contribution in [0.2, 0.25) is 0 Å². The summed E-state index contributed by atoms with van der Waals surface area (Å²) < 4.78 is 0.445. The number of aliphatic carboxylic acids is 1. The fourth-order valence-corrected chi connectivity index (χ4v) is 4.67. The van der Waals surface area contributed by atoms with Crippen LogP contribution in [0.25, 0.3) is 5.57 Å². The van der Waals surface area contributed by atoms with Crippen molar-refractivity contribution in [2.24, 2.45) is 0 Å². The van der Waals surface area contributed by atoms with E-state index in [1.165, 1.54) is 29.5 Å². The van der Waals surface area contributed by atoms with E-state index in [4.69, 9.17) is 17.3 Å². The lowest BCUT2D eigenvalue weighted by Gasteiger charge is -2.18. The number of fused-ring (bicyclic) bond motifs is 1. The molecule has 0 spiro atoms. The van der Waals surface area contributed by atoms with Gasteiger partial charge in [0, 0.05) is 36.5 Å². The van der Waals surface area contributed by atoms with Gasteiger partial charge in [0.15, 0.2) is 0 Å². The van der Waals surface area contributed by atoms with Crippen LogP contribution in [0.5, 0.6) is 0 Å². The summed E-state index contributed by atoms with van der Waals surface area (Å²) in [4.78, 5) is 28.1. The molecule has 5 nitrogen and oxygen atoms in total. The second-order valence-electron chi connectivity index (χ2n) is 6.42. The van der Waals surface area contributed by atoms with Gasteiger partial charge in [0.25, 0.3) is 5.91 Å². The molecule has 3 rings (SSSR count). The Morgan fingerprint density at radius 1 is 1.27 bits per heavy atom. The van der Waals surface area contributed by atoms with Crippen molar-refractivity contribution in [3.63, 3.8) is 0 Å². The van der Waals surface area contributed by atoms with Gasteiger partial charge < -0.3 is 10.0 Å². The van der Waals surface area contributed by atoms with Crippen molar-refractivity contribution < 1.29 is 14.7 Å². The van der Waals surface area contributed by atoms with Crippen LogP contribution in [0.3, 0.4) is 0 Å². The van der Waals surface area contributed by atoms with Gasteiger partial charge in [-0.2, -0.15) is 0 Å². The van der Waals surface area contributed by atoms with Gasteiger partial charge in [0.1, 0.15) is 4.32 Å². The summed E-state index contributed by atoms with van der Waals surface area (Å²) in [6.45, 7) is 3.98. The molecule has 7 heteroatoms. The smallest absolute Gasteiger partial charge is 0.305 e. The van der Waals surface area contributed by atoms with E-state index in [1.54, 1.807) is 0 Å². The average Bonchev–Trinajstić information content (AvgIpc) is 3.11. The maximum Gasteiger partial charge on any atom is 0.305 e. The lowest BCUT2D eigenvalue weighted by molar-refractivity contribution is -0.137. The molecule has 1 saturated heterocycles. The number of carboxylic acids is 1. The minimum absolute atomic E-state index is 0.102. The lowest BCUT2D eigenvalue weighted by Crippen LogP contribution is -2.30. The summed E-state index contributed by atoms with van der Waals surface area (Å²) >= 11 is 6.62. The number of rotatable bonds is 7. The molecule has 1 amide bonds. The molecule has 2 aliphatic rings. The first-order chi connectivity index (χ1) is 12.5. The molecule has 0 aliphatic carbocycles. The molecule has 1 aromatic rings. The second-order valence-corrected chi connectivity index (χ2v) is 8.07.